The molecule has 5 heteroatoms. The molecule has 5 nitrogen and oxygen atoms in total. The van der Waals surface area contributed by atoms with Crippen LogP contribution in [0.4, 0.5) is 0 Å². The Hall–Kier alpha value is -1.36. The Labute approximate surface area is 108 Å². The molecule has 0 bridgehead atoms. The third-order valence-electron chi connectivity index (χ3n) is 3.70. The van der Waals surface area contributed by atoms with E-state index in [-0.39, 0.29) is 17.9 Å². The van der Waals surface area contributed by atoms with E-state index in [0.717, 1.165) is 19.5 Å². The van der Waals surface area contributed by atoms with Gasteiger partial charge in [-0.05, 0) is 17.9 Å². The standard InChI is InChI=1S/C13H22N4O/c1-9(2)12(14)13(18)17-5-4-10(8-17)11-6-15-16(3)7-11/h6-7,9-10,12H,4-5,8,14H2,1-3H3/t10?,12-/m0/s1. The summed E-state index contributed by atoms with van der Waals surface area (Å²) in [6.07, 6.45) is 4.92. The van der Waals surface area contributed by atoms with Gasteiger partial charge in [0.15, 0.2) is 0 Å². The normalized spacial score (nSPS) is 21.6. The maximum Gasteiger partial charge on any atom is 0.239 e. The highest BCUT2D eigenvalue weighted by molar-refractivity contribution is 5.82. The number of aromatic nitrogens is 2. The predicted molar refractivity (Wildman–Crippen MR) is 70.0 cm³/mol. The molecule has 1 saturated heterocycles. The Balaban J connectivity index is 1.98. The van der Waals surface area contributed by atoms with Gasteiger partial charge < -0.3 is 10.6 Å². The minimum Gasteiger partial charge on any atom is -0.341 e. The first-order chi connectivity index (χ1) is 8.49. The Bertz CT molecular complexity index is 426. The van der Waals surface area contributed by atoms with Crippen LogP contribution in [0.3, 0.4) is 0 Å². The molecule has 2 atom stereocenters. The summed E-state index contributed by atoms with van der Waals surface area (Å²) >= 11 is 0. The second-order valence-electron chi connectivity index (χ2n) is 5.49. The fourth-order valence-corrected chi connectivity index (χ4v) is 2.38. The van der Waals surface area contributed by atoms with Gasteiger partial charge in [0.25, 0.3) is 0 Å². The van der Waals surface area contributed by atoms with Crippen LogP contribution in [0.25, 0.3) is 0 Å². The number of nitrogens with two attached hydrogens (primary N) is 1. The molecule has 2 rings (SSSR count). The van der Waals surface area contributed by atoms with Gasteiger partial charge in [-0.3, -0.25) is 9.48 Å². The minimum absolute atomic E-state index is 0.0800. The van der Waals surface area contributed by atoms with Crippen LogP contribution in [0.15, 0.2) is 12.4 Å². The first-order valence-electron chi connectivity index (χ1n) is 6.52. The van der Waals surface area contributed by atoms with Gasteiger partial charge in [0.05, 0.1) is 12.2 Å². The first-order valence-corrected chi connectivity index (χ1v) is 6.52. The topological polar surface area (TPSA) is 64.2 Å². The summed E-state index contributed by atoms with van der Waals surface area (Å²) < 4.78 is 1.81. The zero-order chi connectivity index (χ0) is 13.3. The van der Waals surface area contributed by atoms with E-state index in [1.54, 1.807) is 4.68 Å². The number of carbonyl (C=O) groups is 1. The second-order valence-corrected chi connectivity index (χ2v) is 5.49. The smallest absolute Gasteiger partial charge is 0.239 e. The Morgan fingerprint density at radius 1 is 1.56 bits per heavy atom. The second kappa shape index (κ2) is 5.10. The van der Waals surface area contributed by atoms with E-state index in [1.165, 1.54) is 5.56 Å². The van der Waals surface area contributed by atoms with Crippen molar-refractivity contribution in [1.82, 2.24) is 14.7 Å². The highest BCUT2D eigenvalue weighted by Gasteiger charge is 2.31. The van der Waals surface area contributed by atoms with Gasteiger partial charge in [-0.1, -0.05) is 13.8 Å². The minimum atomic E-state index is -0.377. The Morgan fingerprint density at radius 3 is 2.83 bits per heavy atom. The van der Waals surface area contributed by atoms with E-state index in [9.17, 15) is 4.79 Å². The van der Waals surface area contributed by atoms with Crippen LogP contribution >= 0.6 is 0 Å². The molecule has 0 aliphatic carbocycles. The van der Waals surface area contributed by atoms with E-state index >= 15 is 0 Å². The number of nitrogens with zero attached hydrogens (tertiary/aromatic N) is 3. The molecule has 1 aliphatic heterocycles. The summed E-state index contributed by atoms with van der Waals surface area (Å²) in [5.74, 6) is 0.674. The number of aryl methyl sites for hydroxylation is 1. The lowest BCUT2D eigenvalue weighted by atomic mass is 10.0. The largest absolute Gasteiger partial charge is 0.341 e. The maximum absolute atomic E-state index is 12.1. The molecular weight excluding hydrogens is 228 g/mol. The van der Waals surface area contributed by atoms with Crippen molar-refractivity contribution in [3.63, 3.8) is 0 Å². The maximum atomic E-state index is 12.1. The van der Waals surface area contributed by atoms with Crippen LogP contribution in [0, 0.1) is 5.92 Å². The van der Waals surface area contributed by atoms with Crippen LogP contribution in [0.1, 0.15) is 31.7 Å². The van der Waals surface area contributed by atoms with E-state index in [1.807, 2.05) is 38.2 Å². The van der Waals surface area contributed by atoms with Crippen LogP contribution < -0.4 is 5.73 Å². The van der Waals surface area contributed by atoms with Gasteiger partial charge in [-0.25, -0.2) is 0 Å². The van der Waals surface area contributed by atoms with Crippen molar-refractivity contribution in [2.24, 2.45) is 18.7 Å². The number of hydrogen-bond donors (Lipinski definition) is 1. The predicted octanol–water partition coefficient (Wildman–Crippen LogP) is 0.719. The van der Waals surface area contributed by atoms with Crippen molar-refractivity contribution >= 4 is 5.91 Å². The van der Waals surface area contributed by atoms with E-state index in [4.69, 9.17) is 5.73 Å². The number of likely N-dealkylation sites (tertiary alicyclic amines) is 1. The van der Waals surface area contributed by atoms with E-state index < -0.39 is 0 Å². The fourth-order valence-electron chi connectivity index (χ4n) is 2.38. The van der Waals surface area contributed by atoms with Gasteiger partial charge >= 0.3 is 0 Å². The van der Waals surface area contributed by atoms with E-state index in [2.05, 4.69) is 5.10 Å². The number of hydrogen-bond acceptors (Lipinski definition) is 3. The van der Waals surface area contributed by atoms with Crippen molar-refractivity contribution in [3.05, 3.63) is 18.0 Å². The molecule has 0 spiro atoms. The fraction of sp³-hybridized carbons (Fsp3) is 0.692. The lowest BCUT2D eigenvalue weighted by molar-refractivity contribution is -0.132. The van der Waals surface area contributed by atoms with Crippen LogP contribution in [0.5, 0.6) is 0 Å². The summed E-state index contributed by atoms with van der Waals surface area (Å²) in [4.78, 5) is 14.0. The number of carbonyl (C=O) groups excluding carboxylic acids is 1. The van der Waals surface area contributed by atoms with Gasteiger partial charge in [0.2, 0.25) is 5.91 Å². The van der Waals surface area contributed by atoms with Crippen molar-refractivity contribution < 1.29 is 4.79 Å². The van der Waals surface area contributed by atoms with Crippen molar-refractivity contribution in [1.29, 1.82) is 0 Å². The van der Waals surface area contributed by atoms with Crippen LogP contribution in [0.2, 0.25) is 0 Å². The van der Waals surface area contributed by atoms with Gasteiger partial charge in [-0.2, -0.15) is 5.10 Å². The van der Waals surface area contributed by atoms with E-state index in [0.29, 0.717) is 5.92 Å². The summed E-state index contributed by atoms with van der Waals surface area (Å²) in [7, 11) is 1.91. The number of amides is 1. The molecule has 1 unspecified atom stereocenters. The SMILES string of the molecule is CC(C)[C@H](N)C(=O)N1CCC(c2cnn(C)c2)C1. The molecular formula is C13H22N4O. The summed E-state index contributed by atoms with van der Waals surface area (Å²) in [5.41, 5.74) is 7.13. The lowest BCUT2D eigenvalue weighted by Gasteiger charge is -2.23. The summed E-state index contributed by atoms with van der Waals surface area (Å²) in [6.45, 7) is 5.54. The molecule has 1 amide bonds. The zero-order valence-corrected chi connectivity index (χ0v) is 11.3. The molecule has 0 radical (unpaired) electrons. The summed E-state index contributed by atoms with van der Waals surface area (Å²) in [6, 6.07) is -0.377. The van der Waals surface area contributed by atoms with Crippen LogP contribution in [-0.4, -0.2) is 39.7 Å². The quantitative estimate of drug-likeness (QED) is 0.859. The number of rotatable bonds is 3. The molecule has 1 aliphatic rings. The molecule has 18 heavy (non-hydrogen) atoms. The third kappa shape index (κ3) is 2.56. The Kier molecular flexibility index (Phi) is 3.71. The van der Waals surface area contributed by atoms with Crippen LogP contribution in [-0.2, 0) is 11.8 Å². The molecule has 2 heterocycles. The third-order valence-corrected chi connectivity index (χ3v) is 3.70. The first kappa shape index (κ1) is 13.1. The average Bonchev–Trinajstić information content (AvgIpc) is 2.95. The highest BCUT2D eigenvalue weighted by Crippen LogP contribution is 2.27. The van der Waals surface area contributed by atoms with Gasteiger partial charge in [0, 0.05) is 32.3 Å². The van der Waals surface area contributed by atoms with Crippen molar-refractivity contribution in [2.75, 3.05) is 13.1 Å². The highest BCUT2D eigenvalue weighted by atomic mass is 16.2. The monoisotopic (exact) mass is 250 g/mol. The molecule has 2 N–H and O–H groups in total. The van der Waals surface area contributed by atoms with Gasteiger partial charge in [0.1, 0.15) is 0 Å². The molecule has 0 saturated carbocycles. The lowest BCUT2D eigenvalue weighted by Crippen LogP contribution is -2.45. The summed E-state index contributed by atoms with van der Waals surface area (Å²) in [5, 5.41) is 4.18. The molecule has 0 aromatic carbocycles. The molecule has 1 fully saturated rings. The van der Waals surface area contributed by atoms with Gasteiger partial charge in [-0.15, -0.1) is 0 Å². The molecule has 1 aromatic heterocycles. The zero-order valence-electron chi connectivity index (χ0n) is 11.3. The van der Waals surface area contributed by atoms with Crippen molar-refractivity contribution in [2.45, 2.75) is 32.2 Å². The average molecular weight is 250 g/mol. The molecule has 1 aromatic rings. The Morgan fingerprint density at radius 2 is 2.28 bits per heavy atom. The van der Waals surface area contributed by atoms with Crippen molar-refractivity contribution in [3.8, 4) is 0 Å². The molecule has 100 valence electrons.